The molecule has 0 bridgehead atoms. The minimum Gasteiger partial charge on any atom is -0.493 e. The zero-order valence-corrected chi connectivity index (χ0v) is 25.4. The molecule has 5 aromatic rings. The SMILES string of the molecule is COc1cc(Cn2c3ccccc3c3c(OCC(C)(C)C(=O)O)cccc32)ccc1OCc1nc(C2CC=CS2)oc1C. The number of fused-ring (bicyclic) bond motifs is 3. The van der Waals surface area contributed by atoms with Crippen LogP contribution in [-0.4, -0.2) is 34.3 Å². The van der Waals surface area contributed by atoms with Crippen LogP contribution in [0.15, 0.2) is 76.6 Å². The van der Waals surface area contributed by atoms with Crippen molar-refractivity contribution in [2.75, 3.05) is 13.7 Å². The fourth-order valence-electron chi connectivity index (χ4n) is 5.20. The Morgan fingerprint density at radius 3 is 2.65 bits per heavy atom. The summed E-state index contributed by atoms with van der Waals surface area (Å²) in [5.74, 6) is 2.53. The third kappa shape index (κ3) is 5.69. The predicted molar refractivity (Wildman–Crippen MR) is 168 cm³/mol. The van der Waals surface area contributed by atoms with Crippen molar-refractivity contribution in [2.45, 2.75) is 45.6 Å². The van der Waals surface area contributed by atoms with E-state index in [1.807, 2.05) is 49.4 Å². The molecule has 8 nitrogen and oxygen atoms in total. The van der Waals surface area contributed by atoms with Gasteiger partial charge in [-0.05, 0) is 68.5 Å². The smallest absolute Gasteiger partial charge is 0.312 e. The minimum absolute atomic E-state index is 0.0611. The van der Waals surface area contributed by atoms with Crippen molar-refractivity contribution in [3.8, 4) is 17.2 Å². The molecule has 0 saturated carbocycles. The summed E-state index contributed by atoms with van der Waals surface area (Å²) in [6.07, 6.45) is 3.05. The summed E-state index contributed by atoms with van der Waals surface area (Å²) in [6, 6.07) is 20.0. The summed E-state index contributed by atoms with van der Waals surface area (Å²) in [4.78, 5) is 16.4. The Hall–Kier alpha value is -4.37. The van der Waals surface area contributed by atoms with Crippen LogP contribution in [0.3, 0.4) is 0 Å². The fraction of sp³-hybridized carbons (Fsp3) is 0.294. The molecule has 1 atom stereocenters. The van der Waals surface area contributed by atoms with E-state index in [0.717, 1.165) is 51.1 Å². The zero-order chi connectivity index (χ0) is 30.1. The van der Waals surface area contributed by atoms with E-state index in [-0.39, 0.29) is 18.5 Å². The molecule has 0 amide bonds. The molecule has 0 spiro atoms. The van der Waals surface area contributed by atoms with Crippen LogP contribution >= 0.6 is 11.8 Å². The number of ether oxygens (including phenoxy) is 3. The average molecular weight is 599 g/mol. The molecule has 9 heteroatoms. The third-order valence-corrected chi connectivity index (χ3v) is 8.81. The number of hydrogen-bond acceptors (Lipinski definition) is 7. The summed E-state index contributed by atoms with van der Waals surface area (Å²) in [5, 5.41) is 13.9. The van der Waals surface area contributed by atoms with E-state index in [4.69, 9.17) is 23.6 Å². The van der Waals surface area contributed by atoms with Gasteiger partial charge in [0.05, 0.1) is 23.3 Å². The predicted octanol–water partition coefficient (Wildman–Crippen LogP) is 7.91. The highest BCUT2D eigenvalue weighted by Crippen LogP contribution is 2.39. The number of aliphatic carboxylic acids is 1. The number of carboxylic acids is 1. The van der Waals surface area contributed by atoms with Crippen LogP contribution < -0.4 is 14.2 Å². The van der Waals surface area contributed by atoms with Crippen molar-refractivity contribution in [1.82, 2.24) is 9.55 Å². The second kappa shape index (κ2) is 11.7. The first-order valence-corrected chi connectivity index (χ1v) is 15.1. The van der Waals surface area contributed by atoms with Crippen molar-refractivity contribution < 1.29 is 28.5 Å². The standard InChI is InChI=1S/C34H34N2O6S/c1-21-24(35-32(42-21)30-13-8-16-43-30)19-40-27-15-14-22(17-29(27)39-4)18-36-25-10-6-5-9-23(25)31-26(36)11-7-12-28(31)41-20-34(2,3)33(37)38/h5-12,14-17,30H,13,18-20H2,1-4H3,(H,37,38). The first-order chi connectivity index (χ1) is 20.7. The number of carboxylic acid groups (broad SMARTS) is 1. The van der Waals surface area contributed by atoms with E-state index >= 15 is 0 Å². The molecule has 0 aliphatic carbocycles. The number of nitrogens with zero attached hydrogens (tertiary/aromatic N) is 2. The van der Waals surface area contributed by atoms with Gasteiger partial charge in [0.15, 0.2) is 11.5 Å². The van der Waals surface area contributed by atoms with Gasteiger partial charge < -0.3 is 28.3 Å². The summed E-state index contributed by atoms with van der Waals surface area (Å²) < 4.78 is 26.2. The minimum atomic E-state index is -1.01. The number of hydrogen-bond donors (Lipinski definition) is 1. The van der Waals surface area contributed by atoms with Gasteiger partial charge in [0.1, 0.15) is 30.4 Å². The number of para-hydroxylation sites is 1. The average Bonchev–Trinajstić information content (AvgIpc) is 3.74. The second-order valence-electron chi connectivity index (χ2n) is 11.3. The van der Waals surface area contributed by atoms with Crippen molar-refractivity contribution >= 4 is 39.5 Å². The number of carbonyl (C=O) groups is 1. The van der Waals surface area contributed by atoms with E-state index in [9.17, 15) is 9.90 Å². The molecule has 1 N–H and O–H groups in total. The van der Waals surface area contributed by atoms with Gasteiger partial charge in [0.2, 0.25) is 5.89 Å². The maximum atomic E-state index is 11.7. The molecule has 222 valence electrons. The lowest BCUT2D eigenvalue weighted by Gasteiger charge is -2.20. The number of thioether (sulfide) groups is 1. The monoisotopic (exact) mass is 598 g/mol. The highest BCUT2D eigenvalue weighted by atomic mass is 32.2. The maximum Gasteiger partial charge on any atom is 0.312 e. The van der Waals surface area contributed by atoms with Crippen LogP contribution in [0.1, 0.15) is 48.4 Å². The van der Waals surface area contributed by atoms with E-state index in [0.29, 0.717) is 23.8 Å². The van der Waals surface area contributed by atoms with Gasteiger partial charge in [0.25, 0.3) is 0 Å². The molecule has 0 saturated heterocycles. The van der Waals surface area contributed by atoms with E-state index in [1.165, 1.54) is 0 Å². The van der Waals surface area contributed by atoms with E-state index in [1.54, 1.807) is 32.7 Å². The Bertz CT molecular complexity index is 1830. The quantitative estimate of drug-likeness (QED) is 0.164. The van der Waals surface area contributed by atoms with Crippen LogP contribution in [0, 0.1) is 12.3 Å². The van der Waals surface area contributed by atoms with Gasteiger partial charge in [0, 0.05) is 22.8 Å². The van der Waals surface area contributed by atoms with E-state index in [2.05, 4.69) is 34.3 Å². The molecule has 1 unspecified atom stereocenters. The Morgan fingerprint density at radius 2 is 1.88 bits per heavy atom. The van der Waals surface area contributed by atoms with E-state index < -0.39 is 11.4 Å². The van der Waals surface area contributed by atoms with Crippen molar-refractivity contribution in [2.24, 2.45) is 5.41 Å². The van der Waals surface area contributed by atoms with Gasteiger partial charge in [-0.1, -0.05) is 36.4 Å². The van der Waals surface area contributed by atoms with Crippen LogP contribution in [0.2, 0.25) is 0 Å². The number of methoxy groups -OCH3 is 1. The molecule has 3 aromatic carbocycles. The summed E-state index contributed by atoms with van der Waals surface area (Å²) in [7, 11) is 1.64. The molecule has 0 fully saturated rings. The summed E-state index contributed by atoms with van der Waals surface area (Å²) in [5.41, 5.74) is 2.86. The number of allylic oxidation sites excluding steroid dienone is 1. The summed E-state index contributed by atoms with van der Waals surface area (Å²) in [6.45, 7) is 6.17. The molecule has 0 radical (unpaired) electrons. The number of oxazole rings is 1. The molecule has 2 aromatic heterocycles. The summed E-state index contributed by atoms with van der Waals surface area (Å²) >= 11 is 1.72. The fourth-order valence-corrected chi connectivity index (χ4v) is 6.05. The molecule has 1 aliphatic rings. The lowest BCUT2D eigenvalue weighted by atomic mass is 9.95. The Kier molecular flexibility index (Phi) is 7.83. The topological polar surface area (TPSA) is 96.0 Å². The second-order valence-corrected chi connectivity index (χ2v) is 12.4. The molecule has 1 aliphatic heterocycles. The largest absolute Gasteiger partial charge is 0.493 e. The number of aromatic nitrogens is 2. The van der Waals surface area contributed by atoms with Gasteiger partial charge in [-0.2, -0.15) is 0 Å². The van der Waals surface area contributed by atoms with Crippen LogP contribution in [0.4, 0.5) is 0 Å². The van der Waals surface area contributed by atoms with Gasteiger partial charge >= 0.3 is 5.97 Å². The van der Waals surface area contributed by atoms with Crippen LogP contribution in [0.25, 0.3) is 21.8 Å². The van der Waals surface area contributed by atoms with Crippen molar-refractivity contribution in [3.05, 3.63) is 95.1 Å². The number of benzene rings is 3. The Balaban J connectivity index is 1.26. The Morgan fingerprint density at radius 1 is 1.07 bits per heavy atom. The number of aryl methyl sites for hydroxylation is 1. The van der Waals surface area contributed by atoms with Gasteiger partial charge in [-0.15, -0.1) is 11.8 Å². The normalized spacial score (nSPS) is 14.9. The van der Waals surface area contributed by atoms with Crippen molar-refractivity contribution in [1.29, 1.82) is 0 Å². The third-order valence-electron chi connectivity index (χ3n) is 7.73. The highest BCUT2D eigenvalue weighted by molar-refractivity contribution is 8.02. The van der Waals surface area contributed by atoms with Crippen molar-refractivity contribution in [3.63, 3.8) is 0 Å². The van der Waals surface area contributed by atoms with Crippen LogP contribution in [0.5, 0.6) is 17.2 Å². The first kappa shape index (κ1) is 28.7. The zero-order valence-electron chi connectivity index (χ0n) is 24.6. The maximum absolute atomic E-state index is 11.7. The highest BCUT2D eigenvalue weighted by Gasteiger charge is 2.29. The van der Waals surface area contributed by atoms with Gasteiger partial charge in [-0.3, -0.25) is 4.79 Å². The number of rotatable bonds is 11. The molecular weight excluding hydrogens is 564 g/mol. The lowest BCUT2D eigenvalue weighted by molar-refractivity contribution is -0.148. The lowest BCUT2D eigenvalue weighted by Crippen LogP contribution is -2.30. The first-order valence-electron chi connectivity index (χ1n) is 14.2. The molecule has 43 heavy (non-hydrogen) atoms. The molecular formula is C34H34N2O6S. The molecule has 3 heterocycles. The Labute approximate surface area is 254 Å². The molecule has 6 rings (SSSR count). The van der Waals surface area contributed by atoms with Crippen LogP contribution in [-0.2, 0) is 17.9 Å². The van der Waals surface area contributed by atoms with Gasteiger partial charge in [-0.25, -0.2) is 4.98 Å².